The number of hydrogen-bond donors (Lipinski definition) is 1. The van der Waals surface area contributed by atoms with Gasteiger partial charge in [0.1, 0.15) is 35.0 Å². The Kier molecular flexibility index (Phi) is 6.27. The lowest BCUT2D eigenvalue weighted by molar-refractivity contribution is -0.138. The van der Waals surface area contributed by atoms with Crippen molar-refractivity contribution in [2.75, 3.05) is 5.32 Å². The van der Waals surface area contributed by atoms with E-state index in [1.807, 2.05) is 6.92 Å². The van der Waals surface area contributed by atoms with Crippen molar-refractivity contribution in [1.82, 2.24) is 15.0 Å². The summed E-state index contributed by atoms with van der Waals surface area (Å²) in [5, 5.41) is 2.99. The first-order valence-corrected chi connectivity index (χ1v) is 9.96. The van der Waals surface area contributed by atoms with Gasteiger partial charge in [0.25, 0.3) is 5.88 Å². The number of aromatic nitrogens is 3. The van der Waals surface area contributed by atoms with E-state index in [0.29, 0.717) is 18.7 Å². The van der Waals surface area contributed by atoms with Gasteiger partial charge in [0.15, 0.2) is 5.82 Å². The molecule has 2 aromatic carbocycles. The van der Waals surface area contributed by atoms with Gasteiger partial charge in [-0.25, -0.2) is 28.1 Å². The highest BCUT2D eigenvalue weighted by Crippen LogP contribution is 2.32. The molecule has 0 aliphatic heterocycles. The molecule has 0 radical (unpaired) electrons. The van der Waals surface area contributed by atoms with Gasteiger partial charge < -0.3 is 10.1 Å². The van der Waals surface area contributed by atoms with E-state index in [2.05, 4.69) is 20.3 Å². The Bertz CT molecular complexity index is 1330. The van der Waals surface area contributed by atoms with Gasteiger partial charge in [-0.3, -0.25) is 0 Å². The Morgan fingerprint density at radius 2 is 1.62 bits per heavy atom. The van der Waals surface area contributed by atoms with Crippen LogP contribution >= 0.6 is 0 Å². The maximum atomic E-state index is 14.2. The van der Waals surface area contributed by atoms with Gasteiger partial charge in [-0.05, 0) is 49.2 Å². The zero-order chi connectivity index (χ0) is 24.5. The number of ether oxygens (including phenoxy) is 1. The normalized spacial score (nSPS) is 12.6. The standard InChI is InChI=1S/C23H16F6N4O/c1-12(33-21-19-16(24)6-7-17(25)20(19)31-11-32-21)8-13-2-4-15(5-3-13)34-22-18(26)9-14(10-30-22)23(27,28)29/h2-7,9-12H,8H2,1H3,(H,31,32,33). The predicted octanol–water partition coefficient (Wildman–Crippen LogP) is 6.30. The number of nitrogens with zero attached hydrogens (tertiary/aromatic N) is 3. The van der Waals surface area contributed by atoms with Gasteiger partial charge >= 0.3 is 6.18 Å². The number of hydrogen-bond acceptors (Lipinski definition) is 5. The van der Waals surface area contributed by atoms with Crippen LogP contribution in [0.2, 0.25) is 0 Å². The molecule has 11 heteroatoms. The minimum atomic E-state index is -4.71. The van der Waals surface area contributed by atoms with Crippen LogP contribution in [0.4, 0.5) is 32.2 Å². The summed E-state index contributed by atoms with van der Waals surface area (Å²) in [5.74, 6) is -2.81. The maximum Gasteiger partial charge on any atom is 0.417 e. The monoisotopic (exact) mass is 478 g/mol. The molecule has 0 amide bonds. The number of rotatable bonds is 6. The van der Waals surface area contributed by atoms with Crippen LogP contribution in [0.3, 0.4) is 0 Å². The van der Waals surface area contributed by atoms with Gasteiger partial charge in [0.2, 0.25) is 0 Å². The largest absolute Gasteiger partial charge is 0.436 e. The van der Waals surface area contributed by atoms with Gasteiger partial charge in [-0.1, -0.05) is 12.1 Å². The molecule has 2 aromatic heterocycles. The number of benzene rings is 2. The van der Waals surface area contributed by atoms with Gasteiger partial charge in [0.05, 0.1) is 10.9 Å². The van der Waals surface area contributed by atoms with E-state index < -0.39 is 35.1 Å². The molecule has 34 heavy (non-hydrogen) atoms. The van der Waals surface area contributed by atoms with Crippen LogP contribution in [0.1, 0.15) is 18.1 Å². The Morgan fingerprint density at radius 1 is 0.912 bits per heavy atom. The fourth-order valence-corrected chi connectivity index (χ4v) is 3.31. The van der Waals surface area contributed by atoms with Gasteiger partial charge in [-0.15, -0.1) is 0 Å². The van der Waals surface area contributed by atoms with Crippen molar-refractivity contribution < 1.29 is 31.1 Å². The molecule has 0 saturated heterocycles. The van der Waals surface area contributed by atoms with E-state index in [-0.39, 0.29) is 28.5 Å². The van der Waals surface area contributed by atoms with Crippen LogP contribution in [0, 0.1) is 17.5 Å². The highest BCUT2D eigenvalue weighted by Gasteiger charge is 2.32. The van der Waals surface area contributed by atoms with Crippen molar-refractivity contribution in [3.63, 3.8) is 0 Å². The molecule has 4 rings (SSSR count). The highest BCUT2D eigenvalue weighted by atomic mass is 19.4. The van der Waals surface area contributed by atoms with E-state index in [0.717, 1.165) is 24.0 Å². The zero-order valence-corrected chi connectivity index (χ0v) is 17.5. The molecule has 4 aromatic rings. The fourth-order valence-electron chi connectivity index (χ4n) is 3.31. The number of alkyl halides is 3. The van der Waals surface area contributed by atoms with E-state index in [4.69, 9.17) is 4.74 Å². The molecule has 0 fully saturated rings. The Balaban J connectivity index is 1.44. The van der Waals surface area contributed by atoms with Crippen LogP contribution < -0.4 is 10.1 Å². The second-order valence-electron chi connectivity index (χ2n) is 7.48. The summed E-state index contributed by atoms with van der Waals surface area (Å²) in [6.45, 7) is 1.82. The van der Waals surface area contributed by atoms with Crippen molar-refractivity contribution in [3.8, 4) is 11.6 Å². The third-order valence-electron chi connectivity index (χ3n) is 4.89. The average molecular weight is 478 g/mol. The maximum absolute atomic E-state index is 14.2. The lowest BCUT2D eigenvalue weighted by atomic mass is 10.1. The number of halogens is 6. The van der Waals surface area contributed by atoms with Crippen molar-refractivity contribution >= 4 is 16.7 Å². The molecule has 0 saturated carbocycles. The third kappa shape index (κ3) is 5.03. The van der Waals surface area contributed by atoms with Gasteiger partial charge in [0, 0.05) is 12.2 Å². The first kappa shape index (κ1) is 23.3. The average Bonchev–Trinajstić information content (AvgIpc) is 2.78. The summed E-state index contributed by atoms with van der Waals surface area (Å²) in [6, 6.07) is 8.43. The molecule has 0 bridgehead atoms. The number of fused-ring (bicyclic) bond motifs is 1. The van der Waals surface area contributed by atoms with E-state index >= 15 is 0 Å². The van der Waals surface area contributed by atoms with E-state index in [1.165, 1.54) is 12.1 Å². The molecule has 1 N–H and O–H groups in total. The van der Waals surface area contributed by atoms with Crippen LogP contribution in [0.15, 0.2) is 55.0 Å². The smallest absolute Gasteiger partial charge is 0.417 e. The summed E-state index contributed by atoms with van der Waals surface area (Å²) in [5.41, 5.74) is -0.526. The van der Waals surface area contributed by atoms with Crippen molar-refractivity contribution in [1.29, 1.82) is 0 Å². The SMILES string of the molecule is CC(Cc1ccc(Oc2ncc(C(F)(F)F)cc2F)cc1)Nc1ncnc2c(F)ccc(F)c12. The molecule has 0 aliphatic rings. The number of nitrogens with one attached hydrogen (secondary N) is 1. The summed E-state index contributed by atoms with van der Waals surface area (Å²) in [6.07, 6.45) is -2.63. The quantitative estimate of drug-likeness (QED) is 0.330. The summed E-state index contributed by atoms with van der Waals surface area (Å²) in [4.78, 5) is 11.2. The van der Waals surface area contributed by atoms with Crippen LogP contribution in [0.25, 0.3) is 10.9 Å². The molecular formula is C23H16F6N4O. The molecular weight excluding hydrogens is 462 g/mol. The second kappa shape index (κ2) is 9.16. The lowest BCUT2D eigenvalue weighted by Crippen LogP contribution is -2.19. The molecule has 1 unspecified atom stereocenters. The summed E-state index contributed by atoms with van der Waals surface area (Å²) >= 11 is 0. The molecule has 1 atom stereocenters. The molecule has 2 heterocycles. The van der Waals surface area contributed by atoms with Crippen LogP contribution in [0.5, 0.6) is 11.6 Å². The fraction of sp³-hybridized carbons (Fsp3) is 0.174. The number of anilines is 1. The Morgan fingerprint density at radius 3 is 2.29 bits per heavy atom. The minimum Gasteiger partial charge on any atom is -0.436 e. The Labute approximate surface area is 189 Å². The van der Waals surface area contributed by atoms with Crippen LogP contribution in [-0.4, -0.2) is 21.0 Å². The molecule has 176 valence electrons. The first-order valence-electron chi connectivity index (χ1n) is 9.96. The lowest BCUT2D eigenvalue weighted by Gasteiger charge is -2.16. The highest BCUT2D eigenvalue weighted by molar-refractivity contribution is 5.89. The summed E-state index contributed by atoms with van der Waals surface area (Å²) in [7, 11) is 0. The minimum absolute atomic E-state index is 0.0517. The summed E-state index contributed by atoms with van der Waals surface area (Å²) < 4.78 is 85.3. The third-order valence-corrected chi connectivity index (χ3v) is 4.89. The topological polar surface area (TPSA) is 59.9 Å². The predicted molar refractivity (Wildman–Crippen MR) is 112 cm³/mol. The molecule has 0 aliphatic carbocycles. The zero-order valence-electron chi connectivity index (χ0n) is 17.5. The second-order valence-corrected chi connectivity index (χ2v) is 7.48. The Hall–Kier alpha value is -3.89. The van der Waals surface area contributed by atoms with Crippen molar-refractivity contribution in [2.24, 2.45) is 0 Å². The molecule has 0 spiro atoms. The van der Waals surface area contributed by atoms with Crippen LogP contribution in [-0.2, 0) is 12.6 Å². The van der Waals surface area contributed by atoms with E-state index in [1.54, 1.807) is 12.1 Å². The molecule has 5 nitrogen and oxygen atoms in total. The van der Waals surface area contributed by atoms with Crippen molar-refractivity contribution in [3.05, 3.63) is 83.6 Å². The van der Waals surface area contributed by atoms with E-state index in [9.17, 15) is 26.3 Å². The van der Waals surface area contributed by atoms with Gasteiger partial charge in [-0.2, -0.15) is 13.2 Å². The van der Waals surface area contributed by atoms with Crippen molar-refractivity contribution in [2.45, 2.75) is 25.6 Å². The first-order chi connectivity index (χ1) is 16.1. The number of pyridine rings is 1.